The van der Waals surface area contributed by atoms with Gasteiger partial charge in [-0.2, -0.15) is 4.99 Å². The van der Waals surface area contributed by atoms with Crippen LogP contribution in [0.4, 0.5) is 5.69 Å². The fraction of sp³-hybridized carbons (Fsp3) is 0.500. The van der Waals surface area contributed by atoms with E-state index >= 15 is 0 Å². The largest absolute Gasteiger partial charge is 0.316 e. The molecule has 0 aromatic heterocycles. The Morgan fingerprint density at radius 2 is 2.21 bits per heavy atom. The predicted molar refractivity (Wildman–Crippen MR) is 102 cm³/mol. The highest BCUT2D eigenvalue weighted by Crippen LogP contribution is 2.41. The number of carbonyl (C=O) groups excluding carboxylic acids is 1. The second-order valence-corrected chi connectivity index (χ2v) is 10.3. The first-order chi connectivity index (χ1) is 11.4. The zero-order valence-electron chi connectivity index (χ0n) is 13.3. The van der Waals surface area contributed by atoms with E-state index in [0.717, 1.165) is 23.0 Å². The van der Waals surface area contributed by atoms with Gasteiger partial charge in [0.1, 0.15) is 0 Å². The van der Waals surface area contributed by atoms with Crippen molar-refractivity contribution in [3.8, 4) is 0 Å². The molecule has 0 spiro atoms. The van der Waals surface area contributed by atoms with Crippen LogP contribution in [-0.4, -0.2) is 42.3 Å². The number of amidine groups is 1. The molecule has 0 bridgehead atoms. The van der Waals surface area contributed by atoms with Gasteiger partial charge in [-0.05, 0) is 24.6 Å². The standard InChI is InChI=1S/C16H19BrN2O3S2/c1-2-3-7-15(20)18-16-19(12-6-4-5-11(17)8-12)13-9-24(21,22)10-14(13)23-16/h4-6,8,13-14H,2-3,7,9-10H2,1H3. The monoisotopic (exact) mass is 430 g/mol. The minimum atomic E-state index is -3.04. The van der Waals surface area contributed by atoms with E-state index in [1.54, 1.807) is 0 Å². The summed E-state index contributed by atoms with van der Waals surface area (Å²) in [6.45, 7) is 2.04. The molecule has 8 heteroatoms. The number of unbranched alkanes of at least 4 members (excludes halogenated alkanes) is 1. The number of hydrogen-bond donors (Lipinski definition) is 0. The molecule has 130 valence electrons. The number of fused-ring (bicyclic) bond motifs is 1. The number of nitrogens with zero attached hydrogens (tertiary/aromatic N) is 2. The van der Waals surface area contributed by atoms with Crippen molar-refractivity contribution in [3.63, 3.8) is 0 Å². The molecule has 0 N–H and O–H groups in total. The molecule has 24 heavy (non-hydrogen) atoms. The third-order valence-electron chi connectivity index (χ3n) is 4.12. The first-order valence-corrected chi connectivity index (χ1v) is 11.4. The van der Waals surface area contributed by atoms with Crippen LogP contribution in [0.15, 0.2) is 33.7 Å². The van der Waals surface area contributed by atoms with Crippen LogP contribution in [0.3, 0.4) is 0 Å². The lowest BCUT2D eigenvalue weighted by molar-refractivity contribution is -0.117. The number of benzene rings is 1. The molecule has 2 fully saturated rings. The van der Waals surface area contributed by atoms with Crippen LogP contribution in [0, 0.1) is 0 Å². The molecule has 1 aromatic carbocycles. The molecule has 2 aliphatic rings. The number of carbonyl (C=O) groups is 1. The fourth-order valence-corrected chi connectivity index (χ4v) is 7.30. The average Bonchev–Trinajstić information content (AvgIpc) is 2.96. The van der Waals surface area contributed by atoms with Gasteiger partial charge >= 0.3 is 0 Å². The Morgan fingerprint density at radius 1 is 1.42 bits per heavy atom. The summed E-state index contributed by atoms with van der Waals surface area (Å²) < 4.78 is 24.9. The summed E-state index contributed by atoms with van der Waals surface area (Å²) in [5.41, 5.74) is 0.864. The minimum absolute atomic E-state index is 0.0632. The van der Waals surface area contributed by atoms with Crippen molar-refractivity contribution in [2.45, 2.75) is 37.5 Å². The van der Waals surface area contributed by atoms with Gasteiger partial charge in [-0.3, -0.25) is 4.79 Å². The van der Waals surface area contributed by atoms with Crippen LogP contribution < -0.4 is 4.90 Å². The molecular weight excluding hydrogens is 412 g/mol. The second-order valence-electron chi connectivity index (χ2n) is 6.04. The van der Waals surface area contributed by atoms with E-state index < -0.39 is 9.84 Å². The van der Waals surface area contributed by atoms with E-state index in [1.165, 1.54) is 11.8 Å². The molecule has 2 unspecified atom stereocenters. The number of anilines is 1. The molecule has 2 atom stereocenters. The maximum absolute atomic E-state index is 12.1. The van der Waals surface area contributed by atoms with Gasteiger partial charge in [0.05, 0.1) is 17.5 Å². The van der Waals surface area contributed by atoms with Crippen molar-refractivity contribution in [2.24, 2.45) is 4.99 Å². The van der Waals surface area contributed by atoms with E-state index in [1.807, 2.05) is 36.1 Å². The number of aliphatic imine (C=N–C) groups is 1. The smallest absolute Gasteiger partial charge is 0.248 e. The van der Waals surface area contributed by atoms with Crippen molar-refractivity contribution in [2.75, 3.05) is 16.4 Å². The Labute approximate surface area is 155 Å². The van der Waals surface area contributed by atoms with Crippen molar-refractivity contribution in [1.29, 1.82) is 0 Å². The predicted octanol–water partition coefficient (Wildman–Crippen LogP) is 3.24. The zero-order chi connectivity index (χ0) is 17.3. The first-order valence-electron chi connectivity index (χ1n) is 7.93. The van der Waals surface area contributed by atoms with Crippen molar-refractivity contribution in [1.82, 2.24) is 0 Å². The van der Waals surface area contributed by atoms with Gasteiger partial charge in [0.2, 0.25) is 5.91 Å². The van der Waals surface area contributed by atoms with E-state index in [0.29, 0.717) is 11.6 Å². The van der Waals surface area contributed by atoms with Crippen LogP contribution >= 0.6 is 27.7 Å². The molecule has 5 nitrogen and oxygen atoms in total. The molecule has 3 rings (SSSR count). The van der Waals surface area contributed by atoms with Gasteiger partial charge in [-0.1, -0.05) is 47.1 Å². The van der Waals surface area contributed by atoms with Crippen molar-refractivity contribution >= 4 is 54.3 Å². The maximum atomic E-state index is 12.1. The van der Waals surface area contributed by atoms with E-state index in [4.69, 9.17) is 0 Å². The first kappa shape index (κ1) is 17.9. The number of hydrogen-bond acceptors (Lipinski definition) is 4. The van der Waals surface area contributed by atoms with Gasteiger partial charge in [0, 0.05) is 21.8 Å². The highest BCUT2D eigenvalue weighted by atomic mass is 79.9. The summed E-state index contributed by atoms with van der Waals surface area (Å²) in [7, 11) is -3.04. The summed E-state index contributed by atoms with van der Waals surface area (Å²) >= 11 is 4.87. The second kappa shape index (κ2) is 7.17. The molecule has 1 amide bonds. The number of amides is 1. The summed E-state index contributed by atoms with van der Waals surface area (Å²) in [5.74, 6) is 0.121. The SMILES string of the molecule is CCCCC(=O)N=C1SC2CS(=O)(=O)CC2N1c1cccc(Br)c1. The minimum Gasteiger partial charge on any atom is -0.316 e. The third-order valence-corrected chi connectivity index (χ3v) is 7.82. The number of halogens is 1. The van der Waals surface area contributed by atoms with Gasteiger partial charge in [0.15, 0.2) is 15.0 Å². The number of rotatable bonds is 4. The average molecular weight is 431 g/mol. The van der Waals surface area contributed by atoms with Crippen molar-refractivity contribution in [3.05, 3.63) is 28.7 Å². The topological polar surface area (TPSA) is 66.8 Å². The highest BCUT2D eigenvalue weighted by Gasteiger charge is 2.49. The lowest BCUT2D eigenvalue weighted by Crippen LogP contribution is -2.37. The van der Waals surface area contributed by atoms with E-state index in [2.05, 4.69) is 20.9 Å². The quantitative estimate of drug-likeness (QED) is 0.733. The lowest BCUT2D eigenvalue weighted by atomic mass is 10.2. The van der Waals surface area contributed by atoms with Crippen LogP contribution in [0.2, 0.25) is 0 Å². The van der Waals surface area contributed by atoms with Gasteiger partial charge < -0.3 is 4.90 Å². The third kappa shape index (κ3) is 3.86. The van der Waals surface area contributed by atoms with E-state index in [-0.39, 0.29) is 28.7 Å². The fourth-order valence-electron chi connectivity index (χ4n) is 2.98. The molecule has 0 aliphatic carbocycles. The Hall–Kier alpha value is -0.860. The molecular formula is C16H19BrN2O3S2. The molecule has 2 aliphatic heterocycles. The molecule has 0 saturated carbocycles. The Morgan fingerprint density at radius 3 is 2.92 bits per heavy atom. The molecule has 2 heterocycles. The van der Waals surface area contributed by atoms with E-state index in [9.17, 15) is 13.2 Å². The Bertz CT molecular complexity index is 779. The van der Waals surface area contributed by atoms with Gasteiger partial charge in [0.25, 0.3) is 0 Å². The van der Waals surface area contributed by atoms with Crippen LogP contribution in [-0.2, 0) is 14.6 Å². The Kier molecular flexibility index (Phi) is 5.36. The summed E-state index contributed by atoms with van der Waals surface area (Å²) in [6, 6.07) is 7.51. The summed E-state index contributed by atoms with van der Waals surface area (Å²) in [5, 5.41) is 0.561. The summed E-state index contributed by atoms with van der Waals surface area (Å²) in [6.07, 6.45) is 2.20. The molecule has 0 radical (unpaired) electrons. The van der Waals surface area contributed by atoms with Gasteiger partial charge in [-0.15, -0.1) is 0 Å². The summed E-state index contributed by atoms with van der Waals surface area (Å²) in [4.78, 5) is 18.3. The number of thioether (sulfide) groups is 1. The van der Waals surface area contributed by atoms with Crippen LogP contribution in [0.25, 0.3) is 0 Å². The van der Waals surface area contributed by atoms with Crippen molar-refractivity contribution < 1.29 is 13.2 Å². The number of sulfone groups is 1. The molecule has 1 aromatic rings. The normalized spacial score (nSPS) is 26.8. The van der Waals surface area contributed by atoms with Gasteiger partial charge in [-0.25, -0.2) is 8.42 Å². The highest BCUT2D eigenvalue weighted by molar-refractivity contribution is 9.10. The maximum Gasteiger partial charge on any atom is 0.248 e. The van der Waals surface area contributed by atoms with Crippen LogP contribution in [0.1, 0.15) is 26.2 Å². The zero-order valence-corrected chi connectivity index (χ0v) is 16.5. The Balaban J connectivity index is 1.94. The lowest BCUT2D eigenvalue weighted by Gasteiger charge is -2.24. The molecule has 2 saturated heterocycles. The van der Waals surface area contributed by atoms with Crippen LogP contribution in [0.5, 0.6) is 0 Å².